The predicted molar refractivity (Wildman–Crippen MR) is 34.2 cm³/mol. The summed E-state index contributed by atoms with van der Waals surface area (Å²) in [6.07, 6.45) is 4.03. The van der Waals surface area contributed by atoms with Crippen molar-refractivity contribution in [1.29, 1.82) is 0 Å². The third-order valence-corrected chi connectivity index (χ3v) is 1.69. The van der Waals surface area contributed by atoms with Gasteiger partial charge in [-0.2, -0.15) is 0 Å². The van der Waals surface area contributed by atoms with Gasteiger partial charge in [-0.3, -0.25) is 0 Å². The third-order valence-electron chi connectivity index (χ3n) is 1.69. The van der Waals surface area contributed by atoms with E-state index in [2.05, 4.69) is 0 Å². The van der Waals surface area contributed by atoms with E-state index in [-0.39, 0.29) is 5.92 Å². The van der Waals surface area contributed by atoms with Crippen LogP contribution in [-0.4, -0.2) is 19.5 Å². The molecule has 0 aliphatic carbocycles. The van der Waals surface area contributed by atoms with Crippen molar-refractivity contribution in [3.63, 3.8) is 0 Å². The molecule has 0 N–H and O–H groups in total. The maximum atomic E-state index is 10.3. The summed E-state index contributed by atoms with van der Waals surface area (Å²) in [5, 5.41) is 0. The Labute approximate surface area is 55.2 Å². The van der Waals surface area contributed by atoms with Crippen LogP contribution in [0.5, 0.6) is 0 Å². The van der Waals surface area contributed by atoms with Gasteiger partial charge >= 0.3 is 0 Å². The summed E-state index contributed by atoms with van der Waals surface area (Å²) >= 11 is 0. The van der Waals surface area contributed by atoms with Crippen molar-refractivity contribution in [3.05, 3.63) is 0 Å². The second-order valence-corrected chi connectivity index (χ2v) is 2.44. The molecular weight excluding hydrogens is 116 g/mol. The van der Waals surface area contributed by atoms with Crippen molar-refractivity contribution >= 4 is 6.29 Å². The summed E-state index contributed by atoms with van der Waals surface area (Å²) in [5.41, 5.74) is 0. The summed E-state index contributed by atoms with van der Waals surface area (Å²) in [6, 6.07) is 0. The quantitative estimate of drug-likeness (QED) is 0.492. The van der Waals surface area contributed by atoms with Gasteiger partial charge in [-0.05, 0) is 19.3 Å². The fourth-order valence-electron chi connectivity index (χ4n) is 1.06. The van der Waals surface area contributed by atoms with Crippen LogP contribution in [0.1, 0.15) is 19.3 Å². The monoisotopic (exact) mass is 128 g/mol. The molecular formula is C7H12O2. The van der Waals surface area contributed by atoms with E-state index in [9.17, 15) is 4.79 Å². The van der Waals surface area contributed by atoms with Crippen molar-refractivity contribution in [1.82, 2.24) is 0 Å². The molecule has 0 aromatic heterocycles. The molecule has 2 heteroatoms. The number of ether oxygens (including phenoxy) is 1. The summed E-state index contributed by atoms with van der Waals surface area (Å²) in [5.74, 6) is 0.271. The number of carbonyl (C=O) groups excluding carboxylic acids is 1. The highest BCUT2D eigenvalue weighted by Crippen LogP contribution is 2.12. The van der Waals surface area contributed by atoms with Gasteiger partial charge in [0.25, 0.3) is 0 Å². The Balaban J connectivity index is 2.26. The van der Waals surface area contributed by atoms with E-state index >= 15 is 0 Å². The molecule has 0 unspecified atom stereocenters. The molecule has 1 heterocycles. The van der Waals surface area contributed by atoms with Gasteiger partial charge in [-0.15, -0.1) is 0 Å². The van der Waals surface area contributed by atoms with Crippen LogP contribution in [0.4, 0.5) is 0 Å². The number of carbonyl (C=O) groups is 1. The molecule has 0 saturated carbocycles. The zero-order valence-corrected chi connectivity index (χ0v) is 5.51. The second-order valence-electron chi connectivity index (χ2n) is 2.44. The Kier molecular flexibility index (Phi) is 2.71. The molecule has 0 bridgehead atoms. The van der Waals surface area contributed by atoms with Gasteiger partial charge in [0.1, 0.15) is 6.29 Å². The van der Waals surface area contributed by atoms with Gasteiger partial charge in [0, 0.05) is 19.1 Å². The van der Waals surface area contributed by atoms with Crippen LogP contribution in [0.15, 0.2) is 0 Å². The predicted octanol–water partition coefficient (Wildman–Crippen LogP) is 1.00. The Morgan fingerprint density at radius 3 is 3.00 bits per heavy atom. The molecule has 1 rings (SSSR count). The van der Waals surface area contributed by atoms with Crippen molar-refractivity contribution in [2.75, 3.05) is 13.2 Å². The highest BCUT2D eigenvalue weighted by atomic mass is 16.5. The maximum Gasteiger partial charge on any atom is 0.123 e. The van der Waals surface area contributed by atoms with Crippen LogP contribution in [-0.2, 0) is 9.53 Å². The standard InChI is InChI=1S/C7H12O2/c8-6-7-2-1-4-9-5-3-7/h6-7H,1-5H2/t7-/m1/s1. The Morgan fingerprint density at radius 1 is 1.33 bits per heavy atom. The van der Waals surface area contributed by atoms with Gasteiger partial charge in [0.15, 0.2) is 0 Å². The van der Waals surface area contributed by atoms with Crippen LogP contribution in [0.25, 0.3) is 0 Å². The Hall–Kier alpha value is -0.370. The van der Waals surface area contributed by atoms with Crippen LogP contribution in [0.2, 0.25) is 0 Å². The number of aldehydes is 1. The average Bonchev–Trinajstić information content (AvgIpc) is 2.13. The highest BCUT2D eigenvalue weighted by molar-refractivity contribution is 5.53. The molecule has 52 valence electrons. The molecule has 0 radical (unpaired) electrons. The summed E-state index contributed by atoms with van der Waals surface area (Å²) < 4.78 is 5.17. The molecule has 0 aromatic rings. The van der Waals surface area contributed by atoms with Crippen LogP contribution < -0.4 is 0 Å². The van der Waals surface area contributed by atoms with Crippen molar-refractivity contribution in [3.8, 4) is 0 Å². The number of hydrogen-bond donors (Lipinski definition) is 0. The average molecular weight is 128 g/mol. The number of hydrogen-bond acceptors (Lipinski definition) is 2. The van der Waals surface area contributed by atoms with Crippen molar-refractivity contribution in [2.45, 2.75) is 19.3 Å². The van der Waals surface area contributed by atoms with Crippen molar-refractivity contribution < 1.29 is 9.53 Å². The van der Waals surface area contributed by atoms with E-state index in [0.29, 0.717) is 0 Å². The normalized spacial score (nSPS) is 29.1. The number of rotatable bonds is 1. The zero-order valence-electron chi connectivity index (χ0n) is 5.51. The highest BCUT2D eigenvalue weighted by Gasteiger charge is 2.09. The molecule has 1 aliphatic rings. The lowest BCUT2D eigenvalue weighted by molar-refractivity contribution is -0.111. The van der Waals surface area contributed by atoms with Gasteiger partial charge in [-0.25, -0.2) is 0 Å². The minimum absolute atomic E-state index is 0.271. The summed E-state index contributed by atoms with van der Waals surface area (Å²) in [6.45, 7) is 1.60. The van der Waals surface area contributed by atoms with E-state index < -0.39 is 0 Å². The lowest BCUT2D eigenvalue weighted by Crippen LogP contribution is -2.01. The lowest BCUT2D eigenvalue weighted by atomic mass is 10.0. The van der Waals surface area contributed by atoms with Crippen LogP contribution >= 0.6 is 0 Å². The minimum Gasteiger partial charge on any atom is -0.381 e. The van der Waals surface area contributed by atoms with Gasteiger partial charge in [-0.1, -0.05) is 0 Å². The molecule has 0 aromatic carbocycles. The molecule has 1 saturated heterocycles. The fraction of sp³-hybridized carbons (Fsp3) is 0.857. The molecule has 9 heavy (non-hydrogen) atoms. The van der Waals surface area contributed by atoms with E-state index in [1.54, 1.807) is 0 Å². The summed E-state index contributed by atoms with van der Waals surface area (Å²) in [4.78, 5) is 10.3. The van der Waals surface area contributed by atoms with E-state index in [4.69, 9.17) is 4.74 Å². The molecule has 1 fully saturated rings. The first-order valence-electron chi connectivity index (χ1n) is 3.46. The molecule has 2 nitrogen and oxygen atoms in total. The Bertz CT molecular complexity index is 82.9. The van der Waals surface area contributed by atoms with E-state index in [1.807, 2.05) is 0 Å². The largest absolute Gasteiger partial charge is 0.381 e. The topological polar surface area (TPSA) is 26.3 Å². The zero-order chi connectivity index (χ0) is 6.53. The van der Waals surface area contributed by atoms with E-state index in [1.165, 1.54) is 0 Å². The van der Waals surface area contributed by atoms with Gasteiger partial charge in [0.2, 0.25) is 0 Å². The fourth-order valence-corrected chi connectivity index (χ4v) is 1.06. The van der Waals surface area contributed by atoms with Crippen LogP contribution in [0, 0.1) is 5.92 Å². The summed E-state index contributed by atoms with van der Waals surface area (Å²) in [7, 11) is 0. The second kappa shape index (κ2) is 3.62. The first-order chi connectivity index (χ1) is 4.43. The molecule has 0 spiro atoms. The van der Waals surface area contributed by atoms with Crippen LogP contribution in [0.3, 0.4) is 0 Å². The third kappa shape index (κ3) is 2.14. The SMILES string of the molecule is O=C[C@@H]1CCCOCC1. The molecule has 1 aliphatic heterocycles. The molecule has 0 amide bonds. The first kappa shape index (κ1) is 6.75. The van der Waals surface area contributed by atoms with Gasteiger partial charge < -0.3 is 9.53 Å². The van der Waals surface area contributed by atoms with Crippen molar-refractivity contribution in [2.24, 2.45) is 5.92 Å². The first-order valence-corrected chi connectivity index (χ1v) is 3.46. The van der Waals surface area contributed by atoms with Gasteiger partial charge in [0.05, 0.1) is 0 Å². The Morgan fingerprint density at radius 2 is 2.22 bits per heavy atom. The maximum absolute atomic E-state index is 10.3. The minimum atomic E-state index is 0.271. The molecule has 1 atom stereocenters. The smallest absolute Gasteiger partial charge is 0.123 e. The lowest BCUT2D eigenvalue weighted by Gasteiger charge is -2.00. The van der Waals surface area contributed by atoms with E-state index in [0.717, 1.165) is 38.8 Å².